The normalized spacial score (nSPS) is 14.4. The molecule has 1 fully saturated rings. The van der Waals surface area contributed by atoms with E-state index in [-0.39, 0.29) is 17.5 Å². The van der Waals surface area contributed by atoms with Gasteiger partial charge in [0.2, 0.25) is 0 Å². The third kappa shape index (κ3) is 3.15. The van der Waals surface area contributed by atoms with E-state index in [1.165, 1.54) is 25.0 Å². The summed E-state index contributed by atoms with van der Waals surface area (Å²) in [6.45, 7) is 6.34. The van der Waals surface area contributed by atoms with Gasteiger partial charge >= 0.3 is 5.97 Å². The second-order valence-corrected chi connectivity index (χ2v) is 5.63. The molecule has 1 saturated carbocycles. The van der Waals surface area contributed by atoms with E-state index >= 15 is 0 Å². The van der Waals surface area contributed by atoms with Crippen molar-refractivity contribution in [2.24, 2.45) is 5.92 Å². The Morgan fingerprint density at radius 1 is 1.40 bits per heavy atom. The number of aromatic carboxylic acids is 1. The zero-order valence-electron chi connectivity index (χ0n) is 12.1. The molecule has 2 rings (SSSR count). The smallest absolute Gasteiger partial charge is 0.337 e. The molecule has 0 atom stereocenters. The van der Waals surface area contributed by atoms with Crippen molar-refractivity contribution < 1.29 is 14.7 Å². The summed E-state index contributed by atoms with van der Waals surface area (Å²) in [6, 6.07) is 3.07. The van der Waals surface area contributed by atoms with Crippen molar-refractivity contribution in [3.63, 3.8) is 0 Å². The Bertz CT molecular complexity index is 536. The summed E-state index contributed by atoms with van der Waals surface area (Å²) in [6.07, 6.45) is 2.36. The van der Waals surface area contributed by atoms with E-state index in [1.807, 2.05) is 18.7 Å². The number of pyridine rings is 1. The SMILES string of the molecule is Cc1nc(C(=O)N(CC2CC2)C(C)C)ccc1C(=O)O. The Hall–Kier alpha value is -1.91. The molecule has 1 amide bonds. The van der Waals surface area contributed by atoms with Crippen LogP contribution in [0.25, 0.3) is 0 Å². The fourth-order valence-corrected chi connectivity index (χ4v) is 2.16. The molecular formula is C15H20N2O3. The molecule has 1 N–H and O–H groups in total. The molecule has 0 unspecified atom stereocenters. The van der Waals surface area contributed by atoms with Crippen LogP contribution < -0.4 is 0 Å². The Kier molecular flexibility index (Phi) is 4.06. The van der Waals surface area contributed by atoms with Gasteiger partial charge in [0.1, 0.15) is 5.69 Å². The van der Waals surface area contributed by atoms with Crippen LogP contribution in [0.2, 0.25) is 0 Å². The Balaban J connectivity index is 2.22. The van der Waals surface area contributed by atoms with Crippen molar-refractivity contribution in [3.8, 4) is 0 Å². The lowest BCUT2D eigenvalue weighted by Crippen LogP contribution is -2.39. The molecule has 0 spiro atoms. The van der Waals surface area contributed by atoms with Crippen LogP contribution in [0.3, 0.4) is 0 Å². The van der Waals surface area contributed by atoms with Crippen LogP contribution in [0, 0.1) is 12.8 Å². The second kappa shape index (κ2) is 5.61. The molecule has 1 heterocycles. The number of carbonyl (C=O) groups is 2. The molecule has 0 saturated heterocycles. The highest BCUT2D eigenvalue weighted by molar-refractivity contribution is 5.94. The summed E-state index contributed by atoms with van der Waals surface area (Å²) in [5, 5.41) is 8.98. The summed E-state index contributed by atoms with van der Waals surface area (Å²) < 4.78 is 0. The van der Waals surface area contributed by atoms with Crippen molar-refractivity contribution >= 4 is 11.9 Å². The first-order chi connectivity index (χ1) is 9.40. The van der Waals surface area contributed by atoms with E-state index in [4.69, 9.17) is 5.11 Å². The summed E-state index contributed by atoms with van der Waals surface area (Å²) in [5.74, 6) is -0.527. The van der Waals surface area contributed by atoms with Gasteiger partial charge in [-0.05, 0) is 51.7 Å². The van der Waals surface area contributed by atoms with Crippen LogP contribution in [0.1, 0.15) is 53.2 Å². The van der Waals surface area contributed by atoms with Gasteiger partial charge in [-0.2, -0.15) is 0 Å². The quantitative estimate of drug-likeness (QED) is 0.896. The maximum Gasteiger partial charge on any atom is 0.337 e. The van der Waals surface area contributed by atoms with Gasteiger partial charge < -0.3 is 10.0 Å². The van der Waals surface area contributed by atoms with E-state index in [9.17, 15) is 9.59 Å². The monoisotopic (exact) mass is 276 g/mol. The van der Waals surface area contributed by atoms with Crippen molar-refractivity contribution in [2.75, 3.05) is 6.54 Å². The molecule has 5 nitrogen and oxygen atoms in total. The number of hydrogen-bond acceptors (Lipinski definition) is 3. The third-order valence-electron chi connectivity index (χ3n) is 3.57. The molecular weight excluding hydrogens is 256 g/mol. The molecule has 108 valence electrons. The summed E-state index contributed by atoms with van der Waals surface area (Å²) in [7, 11) is 0. The number of carboxylic acids is 1. The highest BCUT2D eigenvalue weighted by Crippen LogP contribution is 2.30. The van der Waals surface area contributed by atoms with E-state index in [0.717, 1.165) is 6.54 Å². The van der Waals surface area contributed by atoms with Gasteiger partial charge in [-0.15, -0.1) is 0 Å². The standard InChI is InChI=1S/C15H20N2O3/c1-9(2)17(8-11-4-5-11)14(18)13-7-6-12(15(19)20)10(3)16-13/h6-7,9,11H,4-5,8H2,1-3H3,(H,19,20). The molecule has 20 heavy (non-hydrogen) atoms. The van der Waals surface area contributed by atoms with Crippen LogP contribution in [0.15, 0.2) is 12.1 Å². The first kappa shape index (κ1) is 14.5. The molecule has 0 radical (unpaired) electrons. The molecule has 1 aromatic heterocycles. The summed E-state index contributed by atoms with van der Waals surface area (Å²) in [5.41, 5.74) is 0.833. The molecule has 0 aromatic carbocycles. The molecule has 1 aliphatic rings. The number of aryl methyl sites for hydroxylation is 1. The number of hydrogen-bond donors (Lipinski definition) is 1. The lowest BCUT2D eigenvalue weighted by molar-refractivity contribution is 0.0676. The first-order valence-corrected chi connectivity index (χ1v) is 6.92. The van der Waals surface area contributed by atoms with Crippen LogP contribution >= 0.6 is 0 Å². The summed E-state index contributed by atoms with van der Waals surface area (Å²) in [4.78, 5) is 29.4. The Labute approximate surface area is 118 Å². The average Bonchev–Trinajstić information content (AvgIpc) is 3.18. The van der Waals surface area contributed by atoms with Gasteiger partial charge in [0, 0.05) is 12.6 Å². The Morgan fingerprint density at radius 3 is 2.50 bits per heavy atom. The fraction of sp³-hybridized carbons (Fsp3) is 0.533. The van der Waals surface area contributed by atoms with Crippen molar-refractivity contribution in [2.45, 2.75) is 39.7 Å². The highest BCUT2D eigenvalue weighted by Gasteiger charge is 2.29. The molecule has 0 bridgehead atoms. The average molecular weight is 276 g/mol. The van der Waals surface area contributed by atoms with E-state index < -0.39 is 5.97 Å². The maximum absolute atomic E-state index is 12.5. The summed E-state index contributed by atoms with van der Waals surface area (Å²) >= 11 is 0. The van der Waals surface area contributed by atoms with Crippen LogP contribution in [0.5, 0.6) is 0 Å². The molecule has 5 heteroatoms. The second-order valence-electron chi connectivity index (χ2n) is 5.63. The molecule has 1 aromatic rings. The largest absolute Gasteiger partial charge is 0.478 e. The fourth-order valence-electron chi connectivity index (χ4n) is 2.16. The zero-order chi connectivity index (χ0) is 14.9. The Morgan fingerprint density at radius 2 is 2.05 bits per heavy atom. The predicted octanol–water partition coefficient (Wildman–Crippen LogP) is 2.35. The number of carbonyl (C=O) groups excluding carboxylic acids is 1. The van der Waals surface area contributed by atoms with Gasteiger partial charge in [0.05, 0.1) is 11.3 Å². The first-order valence-electron chi connectivity index (χ1n) is 6.92. The lowest BCUT2D eigenvalue weighted by atomic mass is 10.1. The van der Waals surface area contributed by atoms with E-state index in [0.29, 0.717) is 17.3 Å². The van der Waals surface area contributed by atoms with Gasteiger partial charge in [0.15, 0.2) is 0 Å². The minimum absolute atomic E-state index is 0.115. The number of nitrogens with zero attached hydrogens (tertiary/aromatic N) is 2. The lowest BCUT2D eigenvalue weighted by Gasteiger charge is -2.26. The van der Waals surface area contributed by atoms with Crippen molar-refractivity contribution in [3.05, 3.63) is 29.1 Å². The topological polar surface area (TPSA) is 70.5 Å². The van der Waals surface area contributed by atoms with Gasteiger partial charge in [-0.3, -0.25) is 4.79 Å². The van der Waals surface area contributed by atoms with Crippen LogP contribution in [0.4, 0.5) is 0 Å². The van der Waals surface area contributed by atoms with Crippen LogP contribution in [-0.4, -0.2) is 39.5 Å². The predicted molar refractivity (Wildman–Crippen MR) is 74.8 cm³/mol. The van der Waals surface area contributed by atoms with Gasteiger partial charge in [-0.25, -0.2) is 9.78 Å². The number of rotatable bonds is 5. The molecule has 0 aliphatic heterocycles. The maximum atomic E-state index is 12.5. The third-order valence-corrected chi connectivity index (χ3v) is 3.57. The number of amides is 1. The van der Waals surface area contributed by atoms with E-state index in [2.05, 4.69) is 4.98 Å². The van der Waals surface area contributed by atoms with Gasteiger partial charge in [0.25, 0.3) is 5.91 Å². The minimum atomic E-state index is -1.02. The number of aromatic nitrogens is 1. The molecule has 1 aliphatic carbocycles. The van der Waals surface area contributed by atoms with Crippen LogP contribution in [-0.2, 0) is 0 Å². The van der Waals surface area contributed by atoms with Gasteiger partial charge in [-0.1, -0.05) is 0 Å². The highest BCUT2D eigenvalue weighted by atomic mass is 16.4. The van der Waals surface area contributed by atoms with E-state index in [1.54, 1.807) is 6.92 Å². The van der Waals surface area contributed by atoms with Crippen molar-refractivity contribution in [1.29, 1.82) is 0 Å². The number of carboxylic acid groups (broad SMARTS) is 1. The minimum Gasteiger partial charge on any atom is -0.478 e. The zero-order valence-corrected chi connectivity index (χ0v) is 12.1. The van der Waals surface area contributed by atoms with Crippen molar-refractivity contribution in [1.82, 2.24) is 9.88 Å².